The van der Waals surface area contributed by atoms with Gasteiger partial charge in [0.25, 0.3) is 0 Å². The maximum atomic E-state index is 13.1. The molecule has 5 heteroatoms. The van der Waals surface area contributed by atoms with Gasteiger partial charge in [-0.05, 0) is 13.0 Å². The van der Waals surface area contributed by atoms with Crippen LogP contribution in [0.2, 0.25) is 0 Å². The molecular weight excluding hydrogens is 223 g/mol. The van der Waals surface area contributed by atoms with Crippen molar-refractivity contribution in [2.45, 2.75) is 13.3 Å². The zero-order chi connectivity index (χ0) is 12.7. The lowest BCUT2D eigenvalue weighted by Crippen LogP contribution is -2.01. The Labute approximate surface area is 98.0 Å². The highest BCUT2D eigenvalue weighted by Gasteiger charge is 2.02. The summed E-state index contributed by atoms with van der Waals surface area (Å²) >= 11 is 0. The van der Waals surface area contributed by atoms with E-state index in [1.807, 2.05) is 0 Å². The van der Waals surface area contributed by atoms with Crippen LogP contribution in [0.3, 0.4) is 0 Å². The van der Waals surface area contributed by atoms with E-state index >= 15 is 0 Å². The first-order valence-corrected chi connectivity index (χ1v) is 4.87. The lowest BCUT2D eigenvalue weighted by atomic mass is 10.2. The van der Waals surface area contributed by atoms with E-state index in [0.717, 1.165) is 6.07 Å². The third kappa shape index (κ3) is 3.92. The van der Waals surface area contributed by atoms with Crippen LogP contribution >= 0.6 is 0 Å². The third-order valence-electron chi connectivity index (χ3n) is 1.72. The van der Waals surface area contributed by atoms with Crippen LogP contribution in [0.15, 0.2) is 12.3 Å². The number of pyridine rings is 1. The molecule has 0 aromatic carbocycles. The molecule has 17 heavy (non-hydrogen) atoms. The molecule has 1 aromatic heterocycles. The van der Waals surface area contributed by atoms with E-state index in [1.165, 1.54) is 6.20 Å². The van der Waals surface area contributed by atoms with Gasteiger partial charge < -0.3 is 4.74 Å². The van der Waals surface area contributed by atoms with E-state index in [-0.39, 0.29) is 12.1 Å². The zero-order valence-corrected chi connectivity index (χ0v) is 9.16. The van der Waals surface area contributed by atoms with Crippen LogP contribution in [0.1, 0.15) is 24.6 Å². The standard InChI is InChI=1S/C12H9FN2O2/c1-2-17-12(16)5-3-4-9-6-10(13)11(7-14)15-8-9/h6,8H,2,5H2,1H3. The minimum Gasteiger partial charge on any atom is -0.465 e. The number of aromatic nitrogens is 1. The second-order valence-electron chi connectivity index (χ2n) is 2.95. The molecule has 0 atom stereocenters. The molecule has 0 N–H and O–H groups in total. The quantitative estimate of drug-likeness (QED) is 0.571. The van der Waals surface area contributed by atoms with Gasteiger partial charge >= 0.3 is 5.97 Å². The number of nitrogens with zero attached hydrogens (tertiary/aromatic N) is 2. The van der Waals surface area contributed by atoms with Gasteiger partial charge in [0.1, 0.15) is 12.5 Å². The predicted molar refractivity (Wildman–Crippen MR) is 57.0 cm³/mol. The summed E-state index contributed by atoms with van der Waals surface area (Å²) in [5.74, 6) is 3.95. The monoisotopic (exact) mass is 232 g/mol. The highest BCUT2D eigenvalue weighted by atomic mass is 19.1. The fourth-order valence-corrected chi connectivity index (χ4v) is 1.02. The predicted octanol–water partition coefficient (Wildman–Crippen LogP) is 1.40. The molecule has 0 saturated carbocycles. The second-order valence-corrected chi connectivity index (χ2v) is 2.95. The molecule has 86 valence electrons. The van der Waals surface area contributed by atoms with E-state index in [1.54, 1.807) is 13.0 Å². The number of esters is 1. The number of nitriles is 1. The van der Waals surface area contributed by atoms with Crippen molar-refractivity contribution < 1.29 is 13.9 Å². The molecule has 4 nitrogen and oxygen atoms in total. The maximum Gasteiger partial charge on any atom is 0.317 e. The summed E-state index contributed by atoms with van der Waals surface area (Å²) in [4.78, 5) is 14.5. The summed E-state index contributed by atoms with van der Waals surface area (Å²) < 4.78 is 17.8. The van der Waals surface area contributed by atoms with Gasteiger partial charge in [-0.25, -0.2) is 9.37 Å². The summed E-state index contributed by atoms with van der Waals surface area (Å²) in [5.41, 5.74) is 0.0340. The highest BCUT2D eigenvalue weighted by Crippen LogP contribution is 2.04. The Morgan fingerprint density at radius 1 is 1.65 bits per heavy atom. The Kier molecular flexibility index (Phi) is 4.65. The van der Waals surface area contributed by atoms with E-state index in [4.69, 9.17) is 5.26 Å². The van der Waals surface area contributed by atoms with Crippen molar-refractivity contribution >= 4 is 5.97 Å². The molecule has 0 amide bonds. The summed E-state index contributed by atoms with van der Waals surface area (Å²) in [6.07, 6.45) is 1.22. The number of ether oxygens (including phenoxy) is 1. The Hall–Kier alpha value is -2.40. The van der Waals surface area contributed by atoms with E-state index in [2.05, 4.69) is 21.6 Å². The average Bonchev–Trinajstić information content (AvgIpc) is 2.29. The van der Waals surface area contributed by atoms with Crippen LogP contribution in [-0.2, 0) is 9.53 Å². The van der Waals surface area contributed by atoms with Crippen molar-refractivity contribution in [2.75, 3.05) is 6.61 Å². The van der Waals surface area contributed by atoms with Crippen LogP contribution in [0.25, 0.3) is 0 Å². The molecule has 1 heterocycles. The van der Waals surface area contributed by atoms with Crippen LogP contribution < -0.4 is 0 Å². The van der Waals surface area contributed by atoms with Gasteiger partial charge in [-0.15, -0.1) is 0 Å². The van der Waals surface area contributed by atoms with Gasteiger partial charge in [-0.1, -0.05) is 11.8 Å². The van der Waals surface area contributed by atoms with Gasteiger partial charge in [0.05, 0.1) is 6.61 Å². The van der Waals surface area contributed by atoms with Crippen molar-refractivity contribution in [3.63, 3.8) is 0 Å². The van der Waals surface area contributed by atoms with Crippen molar-refractivity contribution in [1.29, 1.82) is 5.26 Å². The Balaban J connectivity index is 2.70. The van der Waals surface area contributed by atoms with E-state index in [0.29, 0.717) is 12.2 Å². The summed E-state index contributed by atoms with van der Waals surface area (Å²) in [7, 11) is 0. The minimum atomic E-state index is -0.726. The molecule has 0 fully saturated rings. The number of carbonyl (C=O) groups excluding carboxylic acids is 1. The lowest BCUT2D eigenvalue weighted by molar-refractivity contribution is -0.141. The topological polar surface area (TPSA) is 63.0 Å². The fraction of sp³-hybridized carbons (Fsp3) is 0.250. The SMILES string of the molecule is CCOC(=O)CC#Cc1cnc(C#N)c(F)c1. The van der Waals surface area contributed by atoms with Crippen molar-refractivity contribution in [1.82, 2.24) is 4.98 Å². The first-order chi connectivity index (χ1) is 8.17. The summed E-state index contributed by atoms with van der Waals surface area (Å²) in [6.45, 7) is 2.00. The molecule has 1 aromatic rings. The summed E-state index contributed by atoms with van der Waals surface area (Å²) in [5, 5.41) is 8.47. The number of halogens is 1. The van der Waals surface area contributed by atoms with Gasteiger partial charge in [0.15, 0.2) is 11.5 Å². The van der Waals surface area contributed by atoms with Gasteiger partial charge in [-0.3, -0.25) is 4.79 Å². The summed E-state index contributed by atoms with van der Waals surface area (Å²) in [6, 6.07) is 2.71. The first kappa shape index (κ1) is 12.7. The van der Waals surface area contributed by atoms with E-state index in [9.17, 15) is 9.18 Å². The Morgan fingerprint density at radius 2 is 2.41 bits per heavy atom. The minimum absolute atomic E-state index is 0.0601. The maximum absolute atomic E-state index is 13.1. The molecular formula is C12H9FN2O2. The zero-order valence-electron chi connectivity index (χ0n) is 9.16. The number of hydrogen-bond donors (Lipinski definition) is 0. The molecule has 0 saturated heterocycles. The van der Waals surface area contributed by atoms with E-state index < -0.39 is 11.8 Å². The van der Waals surface area contributed by atoms with Gasteiger partial charge in [0.2, 0.25) is 0 Å². The van der Waals surface area contributed by atoms with Crippen LogP contribution in [0, 0.1) is 29.0 Å². The Morgan fingerprint density at radius 3 is 3.00 bits per heavy atom. The number of carbonyl (C=O) groups is 1. The van der Waals surface area contributed by atoms with Crippen molar-refractivity contribution in [3.8, 4) is 17.9 Å². The fourth-order valence-electron chi connectivity index (χ4n) is 1.02. The van der Waals surface area contributed by atoms with Gasteiger partial charge in [-0.2, -0.15) is 5.26 Å². The van der Waals surface area contributed by atoms with Crippen molar-refractivity contribution in [3.05, 3.63) is 29.3 Å². The normalized spacial score (nSPS) is 8.76. The molecule has 1 rings (SSSR count). The molecule has 0 bridgehead atoms. The number of rotatable bonds is 2. The smallest absolute Gasteiger partial charge is 0.317 e. The third-order valence-corrected chi connectivity index (χ3v) is 1.72. The lowest BCUT2D eigenvalue weighted by Gasteiger charge is -1.95. The van der Waals surface area contributed by atoms with Crippen LogP contribution in [0.4, 0.5) is 4.39 Å². The molecule has 0 aliphatic carbocycles. The molecule has 0 unspecified atom stereocenters. The van der Waals surface area contributed by atoms with Crippen molar-refractivity contribution in [2.24, 2.45) is 0 Å². The van der Waals surface area contributed by atoms with Gasteiger partial charge in [0, 0.05) is 11.8 Å². The highest BCUT2D eigenvalue weighted by molar-refractivity contribution is 5.72. The molecule has 0 radical (unpaired) electrons. The average molecular weight is 232 g/mol. The van der Waals surface area contributed by atoms with Crippen LogP contribution in [-0.4, -0.2) is 17.6 Å². The first-order valence-electron chi connectivity index (χ1n) is 4.87. The molecule has 0 spiro atoms. The molecule has 0 aliphatic rings. The largest absolute Gasteiger partial charge is 0.465 e. The number of hydrogen-bond acceptors (Lipinski definition) is 4. The molecule has 0 aliphatic heterocycles. The van der Waals surface area contributed by atoms with Crippen LogP contribution in [0.5, 0.6) is 0 Å². The Bertz CT molecular complexity index is 524. The second kappa shape index (κ2) is 6.24.